The van der Waals surface area contributed by atoms with Gasteiger partial charge in [-0.25, -0.2) is 4.79 Å². The van der Waals surface area contributed by atoms with Gasteiger partial charge in [0.15, 0.2) is 28.8 Å². The summed E-state index contributed by atoms with van der Waals surface area (Å²) in [6.07, 6.45) is 0.101. The third-order valence-electron chi connectivity index (χ3n) is 5.56. The number of Topliss-reactive ketones (excluding diaryl/α,β-unsaturated/α-hetero) is 1. The molecule has 5 rings (SSSR count). The van der Waals surface area contributed by atoms with Gasteiger partial charge in [0.25, 0.3) is 0 Å². The highest BCUT2D eigenvalue weighted by atomic mass is 16.7. The summed E-state index contributed by atoms with van der Waals surface area (Å²) in [7, 11) is 1.53. The quantitative estimate of drug-likeness (QED) is 0.479. The number of esters is 1. The second-order valence-electron chi connectivity index (χ2n) is 7.43. The molecular formula is C23H21NO9. The van der Waals surface area contributed by atoms with Crippen molar-refractivity contribution in [3.05, 3.63) is 41.0 Å². The van der Waals surface area contributed by atoms with E-state index in [4.69, 9.17) is 33.3 Å². The van der Waals surface area contributed by atoms with E-state index in [9.17, 15) is 9.59 Å². The number of benzene rings is 2. The lowest BCUT2D eigenvalue weighted by Gasteiger charge is -2.27. The van der Waals surface area contributed by atoms with Crippen LogP contribution in [-0.2, 0) is 14.4 Å². The number of hydrogen-bond acceptors (Lipinski definition) is 10. The average molecular weight is 455 g/mol. The molecule has 0 N–H and O–H groups in total. The normalized spacial score (nSPS) is 18.8. The van der Waals surface area contributed by atoms with Crippen LogP contribution in [0.2, 0.25) is 0 Å². The summed E-state index contributed by atoms with van der Waals surface area (Å²) in [5.41, 5.74) is 2.10. The van der Waals surface area contributed by atoms with Crippen LogP contribution in [0.15, 0.2) is 29.4 Å². The van der Waals surface area contributed by atoms with Crippen LogP contribution in [0.1, 0.15) is 40.7 Å². The fourth-order valence-corrected chi connectivity index (χ4v) is 4.08. The Balaban J connectivity index is 1.60. The molecule has 1 unspecified atom stereocenters. The van der Waals surface area contributed by atoms with Crippen molar-refractivity contribution >= 4 is 17.5 Å². The van der Waals surface area contributed by atoms with E-state index in [1.165, 1.54) is 7.11 Å². The van der Waals surface area contributed by atoms with E-state index < -0.39 is 11.9 Å². The molecule has 3 aliphatic rings. The van der Waals surface area contributed by atoms with Gasteiger partial charge in [-0.3, -0.25) is 4.79 Å². The van der Waals surface area contributed by atoms with Gasteiger partial charge in [-0.2, -0.15) is 0 Å². The Labute approximate surface area is 188 Å². The molecule has 0 spiro atoms. The van der Waals surface area contributed by atoms with E-state index in [2.05, 4.69) is 5.16 Å². The van der Waals surface area contributed by atoms with Gasteiger partial charge in [-0.1, -0.05) is 5.16 Å². The lowest BCUT2D eigenvalue weighted by Crippen LogP contribution is -2.27. The third-order valence-corrected chi connectivity index (χ3v) is 5.56. The number of carbonyl (C=O) groups is 2. The zero-order valence-electron chi connectivity index (χ0n) is 18.0. The predicted octanol–water partition coefficient (Wildman–Crippen LogP) is 2.81. The number of methoxy groups -OCH3 is 1. The number of carbonyl (C=O) groups excluding carboxylic acids is 2. The fraction of sp³-hybridized carbons (Fsp3) is 0.348. The van der Waals surface area contributed by atoms with Crippen LogP contribution in [0.5, 0.6) is 28.7 Å². The van der Waals surface area contributed by atoms with Crippen molar-refractivity contribution in [1.82, 2.24) is 0 Å². The Hall–Kier alpha value is -3.95. The van der Waals surface area contributed by atoms with Gasteiger partial charge in [0, 0.05) is 35.1 Å². The molecule has 0 bridgehead atoms. The number of fused-ring (bicyclic) bond motifs is 3. The maximum Gasteiger partial charge on any atom is 0.347 e. The average Bonchev–Trinajstić information content (AvgIpc) is 3.47. The molecule has 2 aromatic carbocycles. The molecule has 0 saturated carbocycles. The number of rotatable bonds is 6. The van der Waals surface area contributed by atoms with E-state index in [1.54, 1.807) is 31.2 Å². The van der Waals surface area contributed by atoms with Crippen molar-refractivity contribution < 1.29 is 42.8 Å². The molecular weight excluding hydrogens is 434 g/mol. The summed E-state index contributed by atoms with van der Waals surface area (Å²) in [6.45, 7) is 1.74. The molecule has 0 fully saturated rings. The Morgan fingerprint density at radius 2 is 1.64 bits per heavy atom. The van der Waals surface area contributed by atoms with Crippen LogP contribution < -0.4 is 23.7 Å². The van der Waals surface area contributed by atoms with E-state index in [1.807, 2.05) is 0 Å². The van der Waals surface area contributed by atoms with Crippen LogP contribution in [0.25, 0.3) is 0 Å². The highest BCUT2D eigenvalue weighted by Crippen LogP contribution is 2.46. The first-order valence-corrected chi connectivity index (χ1v) is 10.4. The van der Waals surface area contributed by atoms with Gasteiger partial charge in [-0.05, 0) is 25.1 Å². The first kappa shape index (κ1) is 20.9. The molecule has 10 heteroatoms. The van der Waals surface area contributed by atoms with Crippen molar-refractivity contribution in [1.29, 1.82) is 0 Å². The monoisotopic (exact) mass is 455 g/mol. The molecule has 0 radical (unpaired) electrons. The summed E-state index contributed by atoms with van der Waals surface area (Å²) < 4.78 is 32.4. The molecule has 33 heavy (non-hydrogen) atoms. The second kappa shape index (κ2) is 8.53. The van der Waals surface area contributed by atoms with E-state index >= 15 is 0 Å². The Bertz CT molecular complexity index is 1160. The van der Waals surface area contributed by atoms with Crippen LogP contribution in [0.4, 0.5) is 0 Å². The number of hydrogen-bond donors (Lipinski definition) is 0. The van der Waals surface area contributed by atoms with Crippen molar-refractivity contribution in [3.8, 4) is 28.7 Å². The van der Waals surface area contributed by atoms with Crippen LogP contribution in [-0.4, -0.2) is 51.4 Å². The van der Waals surface area contributed by atoms with Gasteiger partial charge in [0.2, 0.25) is 20.2 Å². The van der Waals surface area contributed by atoms with Crippen molar-refractivity contribution in [2.45, 2.75) is 19.3 Å². The number of nitrogens with zero attached hydrogens (tertiary/aromatic N) is 1. The molecule has 1 aliphatic carbocycles. The molecule has 2 heterocycles. The van der Waals surface area contributed by atoms with Gasteiger partial charge >= 0.3 is 5.97 Å². The third kappa shape index (κ3) is 3.77. The van der Waals surface area contributed by atoms with E-state index in [0.717, 1.165) is 0 Å². The van der Waals surface area contributed by atoms with Gasteiger partial charge in [0.1, 0.15) is 5.75 Å². The number of oxime groups is 1. The summed E-state index contributed by atoms with van der Waals surface area (Å²) in [5, 5.41) is 4.27. The predicted molar refractivity (Wildman–Crippen MR) is 112 cm³/mol. The maximum atomic E-state index is 13.2. The van der Waals surface area contributed by atoms with E-state index in [-0.39, 0.29) is 39.0 Å². The Morgan fingerprint density at radius 1 is 1.00 bits per heavy atom. The van der Waals surface area contributed by atoms with Crippen LogP contribution >= 0.6 is 0 Å². The van der Waals surface area contributed by atoms with Crippen LogP contribution in [0, 0.1) is 0 Å². The number of ketones is 1. The Kier molecular flexibility index (Phi) is 5.41. The lowest BCUT2D eigenvalue weighted by atomic mass is 9.77. The molecule has 2 aromatic rings. The first-order chi connectivity index (χ1) is 16.1. The second-order valence-corrected chi connectivity index (χ2v) is 7.43. The van der Waals surface area contributed by atoms with Gasteiger partial charge in [-0.15, -0.1) is 0 Å². The SMILES string of the molecule is CCOC(=O)CON=C1c2cc3c(cc2C(=O)CC1c1cc2c(cc1OC)OCO2)OCO3. The summed E-state index contributed by atoms with van der Waals surface area (Å²) >= 11 is 0. The van der Waals surface area contributed by atoms with Gasteiger partial charge in [0.05, 0.1) is 19.4 Å². The lowest BCUT2D eigenvalue weighted by molar-refractivity contribution is -0.148. The highest BCUT2D eigenvalue weighted by Gasteiger charge is 2.37. The zero-order valence-corrected chi connectivity index (χ0v) is 18.0. The van der Waals surface area contributed by atoms with Crippen molar-refractivity contribution in [2.75, 3.05) is 33.9 Å². The maximum absolute atomic E-state index is 13.2. The topological polar surface area (TPSA) is 111 Å². The summed E-state index contributed by atoms with van der Waals surface area (Å²) in [4.78, 5) is 30.3. The molecule has 0 saturated heterocycles. The minimum absolute atomic E-state index is 0.0671. The zero-order chi connectivity index (χ0) is 22.9. The smallest absolute Gasteiger partial charge is 0.347 e. The number of ether oxygens (including phenoxy) is 6. The van der Waals surface area contributed by atoms with Gasteiger partial charge < -0.3 is 33.3 Å². The molecule has 2 aliphatic heterocycles. The molecule has 172 valence electrons. The van der Waals surface area contributed by atoms with Crippen molar-refractivity contribution in [3.63, 3.8) is 0 Å². The summed E-state index contributed by atoms with van der Waals surface area (Å²) in [6, 6.07) is 6.84. The Morgan fingerprint density at radius 3 is 2.30 bits per heavy atom. The fourth-order valence-electron chi connectivity index (χ4n) is 4.08. The van der Waals surface area contributed by atoms with E-state index in [0.29, 0.717) is 51.1 Å². The highest BCUT2D eigenvalue weighted by molar-refractivity contribution is 6.19. The first-order valence-electron chi connectivity index (χ1n) is 10.4. The standard InChI is InChI=1S/C23H21NO9/c1-3-28-22(26)9-33-24-23-14(13-6-19-21(32-11-30-19)8-17(13)27-2)4-16(25)12-5-18-20(7-15(12)23)31-10-29-18/h5-8,14H,3-4,9-11H2,1-2H3. The minimum atomic E-state index is -0.545. The summed E-state index contributed by atoms with van der Waals surface area (Å²) in [5.74, 6) is 1.43. The van der Waals surface area contributed by atoms with Crippen molar-refractivity contribution in [2.24, 2.45) is 5.16 Å². The molecule has 10 nitrogen and oxygen atoms in total. The van der Waals surface area contributed by atoms with Crippen LogP contribution in [0.3, 0.4) is 0 Å². The molecule has 0 aromatic heterocycles. The molecule has 0 amide bonds. The molecule has 1 atom stereocenters. The largest absolute Gasteiger partial charge is 0.496 e. The minimum Gasteiger partial charge on any atom is -0.496 e.